The Morgan fingerprint density at radius 3 is 2.67 bits per heavy atom. The number of rotatable bonds is 5. The van der Waals surface area contributed by atoms with Crippen molar-refractivity contribution in [1.82, 2.24) is 20.1 Å². The van der Waals surface area contributed by atoms with Gasteiger partial charge in [0.1, 0.15) is 18.9 Å². The van der Waals surface area contributed by atoms with E-state index in [4.69, 9.17) is 5.26 Å². The summed E-state index contributed by atoms with van der Waals surface area (Å²) in [7, 11) is 0. The Morgan fingerprint density at radius 1 is 1.50 bits per heavy atom. The standard InChI is InChI=1S/C12H15N5O/c13-5-10-14-7-17(16-10)6-11(18)15-12(8-1-2-8)9-3-4-9/h7-9,12H,1-4,6H2,(H,15,18). The van der Waals surface area contributed by atoms with Crippen LogP contribution in [-0.2, 0) is 11.3 Å². The number of aromatic nitrogens is 3. The molecule has 3 rings (SSSR count). The molecule has 0 bridgehead atoms. The van der Waals surface area contributed by atoms with Crippen LogP contribution in [0.4, 0.5) is 0 Å². The molecule has 94 valence electrons. The highest BCUT2D eigenvalue weighted by Gasteiger charge is 2.42. The fourth-order valence-corrected chi connectivity index (χ4v) is 2.33. The summed E-state index contributed by atoms with van der Waals surface area (Å²) in [5, 5.41) is 15.6. The lowest BCUT2D eigenvalue weighted by atomic mass is 10.1. The molecule has 6 heteroatoms. The molecule has 1 N–H and O–H groups in total. The summed E-state index contributed by atoms with van der Waals surface area (Å²) in [6.07, 6.45) is 6.38. The van der Waals surface area contributed by atoms with Crippen molar-refractivity contribution >= 4 is 5.91 Å². The monoisotopic (exact) mass is 245 g/mol. The fraction of sp³-hybridized carbons (Fsp3) is 0.667. The lowest BCUT2D eigenvalue weighted by Crippen LogP contribution is -2.40. The molecule has 1 heterocycles. The first kappa shape index (κ1) is 11.2. The molecule has 6 nitrogen and oxygen atoms in total. The number of nitrogens with zero attached hydrogens (tertiary/aromatic N) is 4. The highest BCUT2D eigenvalue weighted by Crippen LogP contribution is 2.44. The third-order valence-corrected chi connectivity index (χ3v) is 3.53. The second-order valence-electron chi connectivity index (χ2n) is 5.15. The fourth-order valence-electron chi connectivity index (χ4n) is 2.33. The minimum Gasteiger partial charge on any atom is -0.351 e. The zero-order valence-electron chi connectivity index (χ0n) is 10.0. The first-order valence-corrected chi connectivity index (χ1v) is 6.35. The predicted molar refractivity (Wildman–Crippen MR) is 62.1 cm³/mol. The maximum Gasteiger partial charge on any atom is 0.252 e. The number of hydrogen-bond donors (Lipinski definition) is 1. The third-order valence-electron chi connectivity index (χ3n) is 3.53. The first-order chi connectivity index (χ1) is 8.76. The maximum absolute atomic E-state index is 11.9. The largest absolute Gasteiger partial charge is 0.351 e. The molecular formula is C12H15N5O. The van der Waals surface area contributed by atoms with Crippen molar-refractivity contribution in [1.29, 1.82) is 5.26 Å². The smallest absolute Gasteiger partial charge is 0.252 e. The van der Waals surface area contributed by atoms with E-state index in [1.165, 1.54) is 36.7 Å². The highest BCUT2D eigenvalue weighted by atomic mass is 16.2. The van der Waals surface area contributed by atoms with Crippen LogP contribution in [0.2, 0.25) is 0 Å². The average molecular weight is 245 g/mol. The van der Waals surface area contributed by atoms with Crippen molar-refractivity contribution in [3.63, 3.8) is 0 Å². The van der Waals surface area contributed by atoms with Crippen LogP contribution in [0.25, 0.3) is 0 Å². The molecular weight excluding hydrogens is 230 g/mol. The van der Waals surface area contributed by atoms with Gasteiger partial charge < -0.3 is 5.32 Å². The van der Waals surface area contributed by atoms with Crippen molar-refractivity contribution in [2.45, 2.75) is 38.3 Å². The van der Waals surface area contributed by atoms with Crippen LogP contribution in [0.3, 0.4) is 0 Å². The molecule has 0 saturated heterocycles. The summed E-state index contributed by atoms with van der Waals surface area (Å²) in [5.74, 6) is 1.44. The van der Waals surface area contributed by atoms with E-state index in [0.29, 0.717) is 17.9 Å². The van der Waals surface area contributed by atoms with Gasteiger partial charge in [0.2, 0.25) is 5.91 Å². The Labute approximate surface area is 105 Å². The molecule has 2 fully saturated rings. The lowest BCUT2D eigenvalue weighted by molar-refractivity contribution is -0.122. The molecule has 0 radical (unpaired) electrons. The van der Waals surface area contributed by atoms with Crippen molar-refractivity contribution in [3.8, 4) is 6.07 Å². The van der Waals surface area contributed by atoms with Gasteiger partial charge in [0.25, 0.3) is 5.82 Å². The maximum atomic E-state index is 11.9. The Balaban J connectivity index is 1.56. The van der Waals surface area contributed by atoms with Gasteiger partial charge in [0.15, 0.2) is 0 Å². The van der Waals surface area contributed by atoms with Gasteiger partial charge in [-0.1, -0.05) is 0 Å². The molecule has 2 saturated carbocycles. The van der Waals surface area contributed by atoms with Crippen LogP contribution in [0, 0.1) is 23.2 Å². The van der Waals surface area contributed by atoms with E-state index in [1.54, 1.807) is 0 Å². The van der Waals surface area contributed by atoms with Crippen molar-refractivity contribution in [2.75, 3.05) is 0 Å². The van der Waals surface area contributed by atoms with Gasteiger partial charge >= 0.3 is 0 Å². The van der Waals surface area contributed by atoms with E-state index in [0.717, 1.165) is 0 Å². The first-order valence-electron chi connectivity index (χ1n) is 6.35. The minimum absolute atomic E-state index is 0.0341. The van der Waals surface area contributed by atoms with Crippen LogP contribution in [-0.4, -0.2) is 26.7 Å². The molecule has 0 unspecified atom stereocenters. The van der Waals surface area contributed by atoms with Gasteiger partial charge in [-0.3, -0.25) is 4.79 Å². The van der Waals surface area contributed by atoms with Crippen LogP contribution in [0.1, 0.15) is 31.5 Å². The van der Waals surface area contributed by atoms with Crippen molar-refractivity contribution in [3.05, 3.63) is 12.2 Å². The van der Waals surface area contributed by atoms with Crippen molar-refractivity contribution < 1.29 is 4.79 Å². The summed E-state index contributed by atoms with van der Waals surface area (Å²) in [6.45, 7) is 0.143. The number of carbonyl (C=O) groups excluding carboxylic acids is 1. The number of hydrogen-bond acceptors (Lipinski definition) is 4. The molecule has 2 aliphatic rings. The molecule has 0 aromatic carbocycles. The Hall–Kier alpha value is -1.90. The minimum atomic E-state index is -0.0341. The summed E-state index contributed by atoms with van der Waals surface area (Å²) in [4.78, 5) is 15.7. The number of nitriles is 1. The summed E-state index contributed by atoms with van der Waals surface area (Å²) in [5.41, 5.74) is 0. The highest BCUT2D eigenvalue weighted by molar-refractivity contribution is 5.76. The van der Waals surface area contributed by atoms with E-state index < -0.39 is 0 Å². The van der Waals surface area contributed by atoms with E-state index in [-0.39, 0.29) is 18.3 Å². The van der Waals surface area contributed by atoms with Gasteiger partial charge in [-0.2, -0.15) is 5.26 Å². The predicted octanol–water partition coefficient (Wildman–Crippen LogP) is 0.455. The van der Waals surface area contributed by atoms with Crippen LogP contribution in [0.15, 0.2) is 6.33 Å². The second-order valence-corrected chi connectivity index (χ2v) is 5.15. The van der Waals surface area contributed by atoms with Gasteiger partial charge in [-0.15, -0.1) is 5.10 Å². The van der Waals surface area contributed by atoms with Gasteiger partial charge in [0.05, 0.1) is 0 Å². The molecule has 0 aliphatic heterocycles. The molecule has 1 amide bonds. The Bertz CT molecular complexity index is 483. The van der Waals surface area contributed by atoms with Crippen LogP contribution < -0.4 is 5.32 Å². The molecule has 18 heavy (non-hydrogen) atoms. The SMILES string of the molecule is N#Cc1ncn(CC(=O)NC(C2CC2)C2CC2)n1. The normalized spacial score (nSPS) is 18.7. The number of amides is 1. The quantitative estimate of drug-likeness (QED) is 0.816. The van der Waals surface area contributed by atoms with E-state index in [1.807, 2.05) is 6.07 Å². The second kappa shape index (κ2) is 4.41. The summed E-state index contributed by atoms with van der Waals surface area (Å²) < 4.78 is 1.41. The summed E-state index contributed by atoms with van der Waals surface area (Å²) >= 11 is 0. The average Bonchev–Trinajstić information content (AvgIpc) is 3.25. The molecule has 0 atom stereocenters. The van der Waals surface area contributed by atoms with E-state index in [2.05, 4.69) is 15.4 Å². The zero-order chi connectivity index (χ0) is 12.5. The van der Waals surface area contributed by atoms with Crippen LogP contribution >= 0.6 is 0 Å². The number of nitrogens with one attached hydrogen (secondary N) is 1. The van der Waals surface area contributed by atoms with E-state index >= 15 is 0 Å². The van der Waals surface area contributed by atoms with Crippen LogP contribution in [0.5, 0.6) is 0 Å². The topological polar surface area (TPSA) is 83.6 Å². The molecule has 0 spiro atoms. The van der Waals surface area contributed by atoms with Gasteiger partial charge in [-0.25, -0.2) is 9.67 Å². The Kier molecular flexibility index (Phi) is 2.74. The lowest BCUT2D eigenvalue weighted by Gasteiger charge is -2.17. The molecule has 1 aromatic rings. The van der Waals surface area contributed by atoms with Crippen molar-refractivity contribution in [2.24, 2.45) is 11.8 Å². The third kappa shape index (κ3) is 2.50. The van der Waals surface area contributed by atoms with E-state index in [9.17, 15) is 4.79 Å². The van der Waals surface area contributed by atoms with Gasteiger partial charge in [0, 0.05) is 6.04 Å². The zero-order valence-corrected chi connectivity index (χ0v) is 10.0. The molecule has 2 aliphatic carbocycles. The Morgan fingerprint density at radius 2 is 2.17 bits per heavy atom. The number of carbonyl (C=O) groups is 1. The molecule has 1 aromatic heterocycles. The van der Waals surface area contributed by atoms with Gasteiger partial charge in [-0.05, 0) is 37.5 Å². The summed E-state index contributed by atoms with van der Waals surface area (Å²) in [6, 6.07) is 2.20.